The van der Waals surface area contributed by atoms with Crippen molar-refractivity contribution in [2.75, 3.05) is 20.8 Å². The molecule has 0 unspecified atom stereocenters. The van der Waals surface area contributed by atoms with Crippen molar-refractivity contribution >= 4 is 23.1 Å². The topological polar surface area (TPSA) is 91.1 Å². The molecule has 8 nitrogen and oxygen atoms in total. The minimum Gasteiger partial charge on any atom is -0.464 e. The predicted octanol–water partition coefficient (Wildman–Crippen LogP) is 1.99. The maximum Gasteiger partial charge on any atom is 0.360 e. The van der Waals surface area contributed by atoms with Crippen molar-refractivity contribution in [3.63, 3.8) is 0 Å². The Morgan fingerprint density at radius 1 is 1.12 bits per heavy atom. The summed E-state index contributed by atoms with van der Waals surface area (Å²) in [7, 11) is 2.57. The lowest BCUT2D eigenvalue weighted by Gasteiger charge is -2.08. The van der Waals surface area contributed by atoms with Crippen LogP contribution in [0.1, 0.15) is 19.4 Å². The Balaban J connectivity index is 3.06. The van der Waals surface area contributed by atoms with Crippen LogP contribution in [0.3, 0.4) is 0 Å². The average molecular weight is 345 g/mol. The molecule has 0 atom stereocenters. The first-order valence-electron chi connectivity index (χ1n) is 7.16. The van der Waals surface area contributed by atoms with Gasteiger partial charge in [-0.3, -0.25) is 0 Å². The van der Waals surface area contributed by atoms with E-state index in [0.717, 1.165) is 0 Å². The largest absolute Gasteiger partial charge is 0.464 e. The molecule has 0 bridgehead atoms. The summed E-state index contributed by atoms with van der Waals surface area (Å²) in [5.74, 6) is 1.92. The SMILES string of the molecule is C#CCO/N=C(C)/C(C)=N/Oc1ccccc1/C(=N/OC)C(=O)OC. The first-order valence-corrected chi connectivity index (χ1v) is 7.16. The lowest BCUT2D eigenvalue weighted by atomic mass is 10.1. The molecular formula is C17H19N3O5. The number of carbonyl (C=O) groups is 1. The van der Waals surface area contributed by atoms with E-state index >= 15 is 0 Å². The van der Waals surface area contributed by atoms with Crippen molar-refractivity contribution in [1.82, 2.24) is 0 Å². The van der Waals surface area contributed by atoms with Gasteiger partial charge in [0.15, 0.2) is 18.1 Å². The van der Waals surface area contributed by atoms with Crippen LogP contribution in [0, 0.1) is 12.3 Å². The van der Waals surface area contributed by atoms with Gasteiger partial charge in [-0.2, -0.15) is 0 Å². The van der Waals surface area contributed by atoms with Gasteiger partial charge >= 0.3 is 5.97 Å². The summed E-state index contributed by atoms with van der Waals surface area (Å²) < 4.78 is 4.70. The number of para-hydroxylation sites is 1. The van der Waals surface area contributed by atoms with Crippen molar-refractivity contribution in [2.24, 2.45) is 15.5 Å². The lowest BCUT2D eigenvalue weighted by molar-refractivity contribution is -0.132. The Morgan fingerprint density at radius 3 is 2.44 bits per heavy atom. The molecule has 0 aliphatic rings. The van der Waals surface area contributed by atoms with E-state index in [4.69, 9.17) is 25.7 Å². The molecular weight excluding hydrogens is 326 g/mol. The second kappa shape index (κ2) is 10.4. The molecule has 0 spiro atoms. The monoisotopic (exact) mass is 345 g/mol. The molecule has 132 valence electrons. The number of oxime groups is 3. The van der Waals surface area contributed by atoms with Gasteiger partial charge in [0.05, 0.1) is 12.7 Å². The number of hydrogen-bond acceptors (Lipinski definition) is 8. The van der Waals surface area contributed by atoms with Gasteiger partial charge in [0.2, 0.25) is 0 Å². The van der Waals surface area contributed by atoms with E-state index in [2.05, 4.69) is 21.4 Å². The van der Waals surface area contributed by atoms with Crippen molar-refractivity contribution < 1.29 is 24.0 Å². The second-order valence-corrected chi connectivity index (χ2v) is 4.53. The molecule has 1 rings (SSSR count). The zero-order valence-electron chi connectivity index (χ0n) is 14.5. The van der Waals surface area contributed by atoms with Crippen molar-refractivity contribution in [3.05, 3.63) is 29.8 Å². The number of nitrogens with zero attached hydrogens (tertiary/aromatic N) is 3. The second-order valence-electron chi connectivity index (χ2n) is 4.53. The smallest absolute Gasteiger partial charge is 0.360 e. The van der Waals surface area contributed by atoms with Crippen molar-refractivity contribution in [2.45, 2.75) is 13.8 Å². The highest BCUT2D eigenvalue weighted by molar-refractivity contribution is 6.43. The third-order valence-corrected chi connectivity index (χ3v) is 2.86. The zero-order valence-corrected chi connectivity index (χ0v) is 14.5. The van der Waals surface area contributed by atoms with Gasteiger partial charge in [-0.1, -0.05) is 33.5 Å². The summed E-state index contributed by atoms with van der Waals surface area (Å²) >= 11 is 0. The Kier molecular flexibility index (Phi) is 8.23. The highest BCUT2D eigenvalue weighted by Crippen LogP contribution is 2.20. The van der Waals surface area contributed by atoms with Gasteiger partial charge in [-0.05, 0) is 26.0 Å². The van der Waals surface area contributed by atoms with Crippen LogP contribution in [0.15, 0.2) is 39.7 Å². The maximum atomic E-state index is 11.9. The van der Waals surface area contributed by atoms with Crippen LogP contribution in [0.5, 0.6) is 5.75 Å². The molecule has 0 aliphatic carbocycles. The number of carbonyl (C=O) groups excluding carboxylic acids is 1. The van der Waals surface area contributed by atoms with Gasteiger partial charge in [-0.15, -0.1) is 6.42 Å². The maximum absolute atomic E-state index is 11.9. The van der Waals surface area contributed by atoms with Gasteiger partial charge in [0.25, 0.3) is 0 Å². The molecule has 0 fully saturated rings. The van der Waals surface area contributed by atoms with Gasteiger partial charge < -0.3 is 19.2 Å². The molecule has 1 aromatic carbocycles. The number of terminal acetylenes is 1. The summed E-state index contributed by atoms with van der Waals surface area (Å²) in [6.45, 7) is 3.44. The molecule has 0 aromatic heterocycles. The zero-order chi connectivity index (χ0) is 18.7. The average Bonchev–Trinajstić information content (AvgIpc) is 2.64. The molecule has 0 amide bonds. The van der Waals surface area contributed by atoms with Crippen LogP contribution >= 0.6 is 0 Å². The number of methoxy groups -OCH3 is 1. The quantitative estimate of drug-likeness (QED) is 0.236. The fourth-order valence-electron chi connectivity index (χ4n) is 1.54. The van der Waals surface area contributed by atoms with Gasteiger partial charge in [-0.25, -0.2) is 4.79 Å². The van der Waals surface area contributed by atoms with Crippen molar-refractivity contribution in [1.29, 1.82) is 0 Å². The predicted molar refractivity (Wildman–Crippen MR) is 93.6 cm³/mol. The van der Waals surface area contributed by atoms with Crippen LogP contribution in [-0.4, -0.2) is 43.9 Å². The highest BCUT2D eigenvalue weighted by atomic mass is 16.6. The van der Waals surface area contributed by atoms with Crippen LogP contribution in [0.2, 0.25) is 0 Å². The summed E-state index contributed by atoms with van der Waals surface area (Å²) in [6, 6.07) is 6.70. The first-order chi connectivity index (χ1) is 12.0. The van der Waals surface area contributed by atoms with Crippen LogP contribution < -0.4 is 4.84 Å². The molecule has 0 radical (unpaired) electrons. The van der Waals surface area contributed by atoms with E-state index in [0.29, 0.717) is 22.7 Å². The van der Waals surface area contributed by atoms with E-state index < -0.39 is 5.97 Å². The van der Waals surface area contributed by atoms with E-state index in [1.807, 2.05) is 0 Å². The van der Waals surface area contributed by atoms with Crippen molar-refractivity contribution in [3.8, 4) is 18.1 Å². The van der Waals surface area contributed by atoms with Crippen LogP contribution in [0.25, 0.3) is 0 Å². The Morgan fingerprint density at radius 2 is 1.80 bits per heavy atom. The van der Waals surface area contributed by atoms with Crippen LogP contribution in [0.4, 0.5) is 0 Å². The summed E-state index contributed by atoms with van der Waals surface area (Å²) in [5, 5.41) is 11.5. The lowest BCUT2D eigenvalue weighted by Crippen LogP contribution is -2.18. The van der Waals surface area contributed by atoms with E-state index in [1.54, 1.807) is 38.1 Å². The summed E-state index contributed by atoms with van der Waals surface area (Å²) in [4.78, 5) is 26.9. The molecule has 8 heteroatoms. The first kappa shape index (κ1) is 19.7. The Bertz CT molecular complexity index is 732. The number of rotatable bonds is 8. The molecule has 1 aromatic rings. The van der Waals surface area contributed by atoms with Crippen LogP contribution in [-0.2, 0) is 19.2 Å². The fraction of sp³-hybridized carbons (Fsp3) is 0.294. The Hall–Kier alpha value is -3.34. The van der Waals surface area contributed by atoms with Gasteiger partial charge in [0.1, 0.15) is 18.5 Å². The minimum absolute atomic E-state index is 0.0452. The number of ether oxygens (including phenoxy) is 1. The van der Waals surface area contributed by atoms with E-state index in [9.17, 15) is 4.79 Å². The fourth-order valence-corrected chi connectivity index (χ4v) is 1.54. The van der Waals surface area contributed by atoms with Gasteiger partial charge in [0, 0.05) is 0 Å². The number of esters is 1. The summed E-state index contributed by atoms with van der Waals surface area (Å²) in [5.41, 5.74) is 1.28. The normalized spacial score (nSPS) is 12.2. The molecule has 0 saturated heterocycles. The molecule has 0 aliphatic heterocycles. The third-order valence-electron chi connectivity index (χ3n) is 2.86. The molecule has 25 heavy (non-hydrogen) atoms. The highest BCUT2D eigenvalue weighted by Gasteiger charge is 2.20. The number of hydrogen-bond donors (Lipinski definition) is 0. The third kappa shape index (κ3) is 5.99. The minimum atomic E-state index is -0.668. The molecule has 0 N–H and O–H groups in total. The summed E-state index contributed by atoms with van der Waals surface area (Å²) in [6.07, 6.45) is 5.07. The number of benzene rings is 1. The standard InChI is InChI=1S/C17H19N3O5/c1-6-11-24-18-12(2)13(3)19-25-15-10-8-7-9-14(15)16(20-23-5)17(21)22-4/h1,7-10H,11H2,2-5H3/b18-12+,19-13+,20-16-. The molecule has 0 saturated carbocycles. The van der Waals surface area contributed by atoms with E-state index in [1.165, 1.54) is 14.2 Å². The Labute approximate surface area is 146 Å². The van der Waals surface area contributed by atoms with E-state index in [-0.39, 0.29) is 12.3 Å². The molecule has 0 heterocycles.